The number of carbonyl (C=O) groups excluding carboxylic acids is 3. The molecule has 8 heteroatoms. The van der Waals surface area contributed by atoms with Crippen LogP contribution in [0.3, 0.4) is 0 Å². The number of likely N-dealkylation sites (tertiary alicyclic amines) is 1. The molecule has 2 fully saturated rings. The first-order chi connectivity index (χ1) is 16.4. The van der Waals surface area contributed by atoms with Gasteiger partial charge in [0.2, 0.25) is 5.91 Å². The van der Waals surface area contributed by atoms with E-state index < -0.39 is 11.5 Å². The van der Waals surface area contributed by atoms with E-state index in [-0.39, 0.29) is 22.9 Å². The quantitative estimate of drug-likeness (QED) is 0.712. The van der Waals surface area contributed by atoms with Crippen molar-refractivity contribution >= 4 is 17.7 Å². The molecule has 0 atom stereocenters. The number of amides is 3. The molecular weight excluding hydrogens is 432 g/mol. The third-order valence-electron chi connectivity index (χ3n) is 7.30. The van der Waals surface area contributed by atoms with Crippen molar-refractivity contribution in [3.63, 3.8) is 0 Å². The number of carbonyl (C=O) groups is 3. The first kappa shape index (κ1) is 22.4. The molecule has 2 aromatic rings. The molecule has 178 valence electrons. The Morgan fingerprint density at radius 3 is 2.44 bits per heavy atom. The van der Waals surface area contributed by atoms with E-state index in [1.807, 2.05) is 36.1 Å². The van der Waals surface area contributed by atoms with Gasteiger partial charge < -0.3 is 19.7 Å². The summed E-state index contributed by atoms with van der Waals surface area (Å²) in [6, 6.07) is 10.8. The zero-order valence-electron chi connectivity index (χ0n) is 19.5. The van der Waals surface area contributed by atoms with E-state index in [2.05, 4.69) is 5.32 Å². The van der Waals surface area contributed by atoms with Crippen molar-refractivity contribution in [3.05, 3.63) is 69.1 Å². The standard InChI is InChI=1S/C26H30N4O4/c1-18-5-7-19(8-6-18)16-27-23(32)20-9-10-21-25(34)28(14-15-29(21)24(20)33)17-26(11-12-26)30-13-3-2-4-22(30)31/h5-10H,2-4,11-17H2,1H3,(H,27,32). The molecule has 3 aliphatic rings. The molecule has 0 bridgehead atoms. The van der Waals surface area contributed by atoms with Crippen LogP contribution < -0.4 is 10.9 Å². The summed E-state index contributed by atoms with van der Waals surface area (Å²) in [4.78, 5) is 55.1. The number of hydrogen-bond acceptors (Lipinski definition) is 4. The highest BCUT2D eigenvalue weighted by molar-refractivity contribution is 5.97. The molecule has 1 aromatic carbocycles. The Kier molecular flexibility index (Phi) is 5.75. The number of rotatable bonds is 6. The third-order valence-corrected chi connectivity index (χ3v) is 7.30. The first-order valence-corrected chi connectivity index (χ1v) is 12.1. The predicted octanol–water partition coefficient (Wildman–Crippen LogP) is 2.09. The molecule has 1 aromatic heterocycles. The highest BCUT2D eigenvalue weighted by Crippen LogP contribution is 2.44. The van der Waals surface area contributed by atoms with Gasteiger partial charge in [-0.2, -0.15) is 0 Å². The minimum absolute atomic E-state index is 0.0367. The molecule has 8 nitrogen and oxygen atoms in total. The second kappa shape index (κ2) is 8.74. The Morgan fingerprint density at radius 2 is 1.74 bits per heavy atom. The smallest absolute Gasteiger partial charge is 0.270 e. The number of pyridine rings is 1. The molecule has 1 N–H and O–H groups in total. The molecule has 0 unspecified atom stereocenters. The molecule has 34 heavy (non-hydrogen) atoms. The van der Waals surface area contributed by atoms with Gasteiger partial charge >= 0.3 is 0 Å². The van der Waals surface area contributed by atoms with Crippen LogP contribution in [0.1, 0.15) is 64.1 Å². The molecule has 0 spiro atoms. The van der Waals surface area contributed by atoms with Gasteiger partial charge in [0.1, 0.15) is 11.3 Å². The summed E-state index contributed by atoms with van der Waals surface area (Å²) in [5.74, 6) is -0.479. The minimum atomic E-state index is -0.448. The van der Waals surface area contributed by atoms with Crippen molar-refractivity contribution in [2.45, 2.75) is 57.7 Å². The molecule has 3 heterocycles. The van der Waals surface area contributed by atoms with E-state index in [0.717, 1.165) is 43.4 Å². The number of nitrogens with one attached hydrogen (secondary N) is 1. The summed E-state index contributed by atoms with van der Waals surface area (Å²) in [6.07, 6.45) is 4.35. The number of aromatic nitrogens is 1. The topological polar surface area (TPSA) is 91.7 Å². The van der Waals surface area contributed by atoms with E-state index >= 15 is 0 Å². The Balaban J connectivity index is 1.28. The molecule has 1 saturated carbocycles. The summed E-state index contributed by atoms with van der Waals surface area (Å²) in [6.45, 7) is 4.32. The molecule has 0 radical (unpaired) electrons. The maximum Gasteiger partial charge on any atom is 0.270 e. The van der Waals surface area contributed by atoms with Crippen molar-refractivity contribution in [1.29, 1.82) is 0 Å². The fraction of sp³-hybridized carbons (Fsp3) is 0.462. The fourth-order valence-electron chi connectivity index (χ4n) is 5.10. The van der Waals surface area contributed by atoms with Crippen LogP contribution in [0.5, 0.6) is 0 Å². The van der Waals surface area contributed by atoms with Gasteiger partial charge in [-0.3, -0.25) is 19.2 Å². The Labute approximate surface area is 198 Å². The van der Waals surface area contributed by atoms with Gasteiger partial charge in [0, 0.05) is 39.1 Å². The lowest BCUT2D eigenvalue weighted by atomic mass is 10.0. The monoisotopic (exact) mass is 462 g/mol. The number of nitrogens with zero attached hydrogens (tertiary/aromatic N) is 3. The van der Waals surface area contributed by atoms with Gasteiger partial charge in [0.25, 0.3) is 17.4 Å². The zero-order valence-corrected chi connectivity index (χ0v) is 19.5. The zero-order chi connectivity index (χ0) is 23.9. The predicted molar refractivity (Wildman–Crippen MR) is 126 cm³/mol. The SMILES string of the molecule is Cc1ccc(CNC(=O)c2ccc3n(c2=O)CCN(CC2(N4CCCCC4=O)CC2)C3=O)cc1. The lowest BCUT2D eigenvalue weighted by Crippen LogP contribution is -2.54. The molecular formula is C26H30N4O4. The average Bonchev–Trinajstić information content (AvgIpc) is 3.61. The van der Waals surface area contributed by atoms with Gasteiger partial charge in [-0.25, -0.2) is 0 Å². The van der Waals surface area contributed by atoms with Crippen molar-refractivity contribution < 1.29 is 14.4 Å². The number of benzene rings is 1. The Bertz CT molecular complexity index is 1200. The summed E-state index contributed by atoms with van der Waals surface area (Å²) < 4.78 is 1.41. The normalized spacial score (nSPS) is 19.1. The Hall–Kier alpha value is -3.42. The number of piperidine rings is 1. The van der Waals surface area contributed by atoms with Crippen LogP contribution in [0.15, 0.2) is 41.2 Å². The van der Waals surface area contributed by atoms with Gasteiger partial charge in [-0.1, -0.05) is 29.8 Å². The van der Waals surface area contributed by atoms with Gasteiger partial charge in [0.05, 0.1) is 5.54 Å². The van der Waals surface area contributed by atoms with Crippen molar-refractivity contribution in [2.24, 2.45) is 0 Å². The first-order valence-electron chi connectivity index (χ1n) is 12.1. The average molecular weight is 463 g/mol. The van der Waals surface area contributed by atoms with Crippen LogP contribution in [-0.2, 0) is 17.9 Å². The molecule has 2 aliphatic heterocycles. The molecule has 3 amide bonds. The van der Waals surface area contributed by atoms with Crippen LogP contribution in [0.4, 0.5) is 0 Å². The van der Waals surface area contributed by atoms with Crippen molar-refractivity contribution in [1.82, 2.24) is 19.7 Å². The summed E-state index contributed by atoms with van der Waals surface area (Å²) in [7, 11) is 0. The van der Waals surface area contributed by atoms with Crippen LogP contribution in [0, 0.1) is 6.92 Å². The summed E-state index contributed by atoms with van der Waals surface area (Å²) >= 11 is 0. The maximum atomic E-state index is 13.2. The summed E-state index contributed by atoms with van der Waals surface area (Å²) in [5, 5.41) is 2.80. The second-order valence-corrected chi connectivity index (χ2v) is 9.71. The lowest BCUT2D eigenvalue weighted by Gasteiger charge is -2.39. The van der Waals surface area contributed by atoms with Crippen LogP contribution in [-0.4, -0.2) is 57.3 Å². The third kappa shape index (κ3) is 4.13. The van der Waals surface area contributed by atoms with Crippen LogP contribution >= 0.6 is 0 Å². The van der Waals surface area contributed by atoms with E-state index in [4.69, 9.17) is 0 Å². The van der Waals surface area contributed by atoms with Crippen LogP contribution in [0.2, 0.25) is 0 Å². The van der Waals surface area contributed by atoms with E-state index in [9.17, 15) is 19.2 Å². The number of aryl methyl sites for hydroxylation is 1. The molecule has 5 rings (SSSR count). The van der Waals surface area contributed by atoms with Crippen molar-refractivity contribution in [3.8, 4) is 0 Å². The number of fused-ring (bicyclic) bond motifs is 1. The van der Waals surface area contributed by atoms with Crippen molar-refractivity contribution in [2.75, 3.05) is 19.6 Å². The fourth-order valence-corrected chi connectivity index (χ4v) is 5.10. The summed E-state index contributed by atoms with van der Waals surface area (Å²) in [5.41, 5.74) is 1.73. The highest BCUT2D eigenvalue weighted by Gasteiger charge is 2.52. The maximum absolute atomic E-state index is 13.2. The van der Waals surface area contributed by atoms with Gasteiger partial charge in [0.15, 0.2) is 0 Å². The largest absolute Gasteiger partial charge is 0.348 e. The number of hydrogen-bond donors (Lipinski definition) is 1. The lowest BCUT2D eigenvalue weighted by molar-refractivity contribution is -0.137. The Morgan fingerprint density at radius 1 is 0.971 bits per heavy atom. The minimum Gasteiger partial charge on any atom is -0.348 e. The van der Waals surface area contributed by atoms with Gasteiger partial charge in [-0.15, -0.1) is 0 Å². The van der Waals surface area contributed by atoms with E-state index in [0.29, 0.717) is 38.3 Å². The molecule has 1 saturated heterocycles. The van der Waals surface area contributed by atoms with E-state index in [1.54, 1.807) is 11.0 Å². The van der Waals surface area contributed by atoms with E-state index in [1.165, 1.54) is 10.6 Å². The van der Waals surface area contributed by atoms with Gasteiger partial charge in [-0.05, 0) is 50.3 Å². The second-order valence-electron chi connectivity index (χ2n) is 9.71. The highest BCUT2D eigenvalue weighted by atomic mass is 16.2. The van der Waals surface area contributed by atoms with Crippen LogP contribution in [0.25, 0.3) is 0 Å². The molecule has 1 aliphatic carbocycles.